The first-order chi connectivity index (χ1) is 15.1. The van der Waals surface area contributed by atoms with Gasteiger partial charge >= 0.3 is 5.97 Å². The van der Waals surface area contributed by atoms with Crippen LogP contribution >= 0.6 is 11.6 Å². The number of hydrogen-bond donors (Lipinski definition) is 1. The zero-order valence-electron chi connectivity index (χ0n) is 16.1. The SMILES string of the molecule is O=C(O)c1ccc(-n2nc(-c3ccc4nccnc4c3)cc2-c2ccc(Cl)cc2)cc1. The summed E-state index contributed by atoms with van der Waals surface area (Å²) in [6.45, 7) is 0. The third kappa shape index (κ3) is 3.65. The van der Waals surface area contributed by atoms with Crippen molar-refractivity contribution < 1.29 is 9.90 Å². The van der Waals surface area contributed by atoms with Crippen molar-refractivity contribution in [1.82, 2.24) is 19.7 Å². The van der Waals surface area contributed by atoms with Crippen LogP contribution in [0.5, 0.6) is 0 Å². The molecule has 0 bridgehead atoms. The summed E-state index contributed by atoms with van der Waals surface area (Å²) in [6, 6.07) is 21.9. The molecule has 6 nitrogen and oxygen atoms in total. The van der Waals surface area contributed by atoms with Gasteiger partial charge in [-0.2, -0.15) is 5.10 Å². The van der Waals surface area contributed by atoms with E-state index >= 15 is 0 Å². The van der Waals surface area contributed by atoms with Crippen LogP contribution in [0.15, 0.2) is 85.2 Å². The second kappa shape index (κ2) is 7.66. The summed E-state index contributed by atoms with van der Waals surface area (Å²) in [5.41, 5.74) is 6.03. The number of halogens is 1. The van der Waals surface area contributed by atoms with E-state index in [1.165, 1.54) is 0 Å². The molecule has 0 aliphatic carbocycles. The number of carboxylic acids is 1. The molecule has 5 rings (SSSR count). The highest BCUT2D eigenvalue weighted by atomic mass is 35.5. The Bertz CT molecular complexity index is 1410. The van der Waals surface area contributed by atoms with Crippen molar-refractivity contribution >= 4 is 28.6 Å². The summed E-state index contributed by atoms with van der Waals surface area (Å²) < 4.78 is 1.80. The number of aromatic carboxylic acids is 1. The Morgan fingerprint density at radius 2 is 1.48 bits per heavy atom. The molecular formula is C24H15ClN4O2. The molecule has 3 aromatic carbocycles. The number of nitrogens with zero attached hydrogens (tertiary/aromatic N) is 4. The van der Waals surface area contributed by atoms with Crippen LogP contribution in [0, 0.1) is 0 Å². The molecule has 2 aromatic heterocycles. The summed E-state index contributed by atoms with van der Waals surface area (Å²) >= 11 is 6.07. The zero-order valence-corrected chi connectivity index (χ0v) is 16.9. The molecule has 0 fully saturated rings. The fourth-order valence-corrected chi connectivity index (χ4v) is 3.54. The predicted molar refractivity (Wildman–Crippen MR) is 120 cm³/mol. The molecule has 0 saturated carbocycles. The molecule has 5 aromatic rings. The fraction of sp³-hybridized carbons (Fsp3) is 0. The van der Waals surface area contributed by atoms with E-state index in [2.05, 4.69) is 9.97 Å². The third-order valence-electron chi connectivity index (χ3n) is 4.97. The van der Waals surface area contributed by atoms with E-state index in [-0.39, 0.29) is 5.56 Å². The van der Waals surface area contributed by atoms with Crippen LogP contribution < -0.4 is 0 Å². The van der Waals surface area contributed by atoms with E-state index in [1.807, 2.05) is 48.5 Å². The van der Waals surface area contributed by atoms with E-state index in [0.717, 1.165) is 39.2 Å². The number of hydrogen-bond acceptors (Lipinski definition) is 4. The fourth-order valence-electron chi connectivity index (χ4n) is 3.41. The van der Waals surface area contributed by atoms with Gasteiger partial charge in [0.05, 0.1) is 33.7 Å². The molecule has 0 aliphatic rings. The molecule has 0 spiro atoms. The number of carbonyl (C=O) groups is 1. The molecule has 150 valence electrons. The maximum absolute atomic E-state index is 11.2. The van der Waals surface area contributed by atoms with Gasteiger partial charge in [-0.3, -0.25) is 9.97 Å². The van der Waals surface area contributed by atoms with E-state index < -0.39 is 5.97 Å². The van der Waals surface area contributed by atoms with Gasteiger partial charge in [-0.05, 0) is 54.6 Å². The standard InChI is InChI=1S/C24H15ClN4O2/c25-18-6-1-15(2-7-18)23-14-21(17-5-10-20-22(13-17)27-12-11-26-20)28-29(23)19-8-3-16(4-9-19)24(30)31/h1-14H,(H,30,31). The van der Waals surface area contributed by atoms with Crippen molar-refractivity contribution in [2.24, 2.45) is 0 Å². The number of carboxylic acid groups (broad SMARTS) is 1. The van der Waals surface area contributed by atoms with Gasteiger partial charge in [-0.15, -0.1) is 0 Å². The highest BCUT2D eigenvalue weighted by molar-refractivity contribution is 6.30. The van der Waals surface area contributed by atoms with E-state index in [4.69, 9.17) is 16.7 Å². The number of benzene rings is 3. The zero-order chi connectivity index (χ0) is 21.4. The summed E-state index contributed by atoms with van der Waals surface area (Å²) in [7, 11) is 0. The average Bonchev–Trinajstić information content (AvgIpc) is 3.25. The van der Waals surface area contributed by atoms with Crippen molar-refractivity contribution in [3.05, 3.63) is 95.8 Å². The Morgan fingerprint density at radius 3 is 2.19 bits per heavy atom. The van der Waals surface area contributed by atoms with Crippen LogP contribution in [0.4, 0.5) is 0 Å². The lowest BCUT2D eigenvalue weighted by atomic mass is 10.1. The van der Waals surface area contributed by atoms with E-state index in [0.29, 0.717) is 5.02 Å². The van der Waals surface area contributed by atoms with Crippen molar-refractivity contribution in [3.63, 3.8) is 0 Å². The summed E-state index contributed by atoms with van der Waals surface area (Å²) in [5.74, 6) is -0.970. The number of aromatic nitrogens is 4. The molecule has 0 saturated heterocycles. The molecule has 0 aliphatic heterocycles. The highest BCUT2D eigenvalue weighted by Crippen LogP contribution is 2.30. The number of rotatable bonds is 4. The molecule has 2 heterocycles. The second-order valence-electron chi connectivity index (χ2n) is 6.95. The third-order valence-corrected chi connectivity index (χ3v) is 5.23. The largest absolute Gasteiger partial charge is 0.478 e. The highest BCUT2D eigenvalue weighted by Gasteiger charge is 2.14. The van der Waals surface area contributed by atoms with Crippen LogP contribution in [-0.2, 0) is 0 Å². The van der Waals surface area contributed by atoms with Crippen molar-refractivity contribution in [3.8, 4) is 28.2 Å². The first kappa shape index (κ1) is 19.0. The van der Waals surface area contributed by atoms with Crippen LogP contribution in [-0.4, -0.2) is 30.8 Å². The lowest BCUT2D eigenvalue weighted by Gasteiger charge is -2.08. The molecule has 0 unspecified atom stereocenters. The molecule has 0 atom stereocenters. The van der Waals surface area contributed by atoms with Gasteiger partial charge in [0.2, 0.25) is 0 Å². The summed E-state index contributed by atoms with van der Waals surface area (Å²) in [5, 5.41) is 14.7. The average molecular weight is 427 g/mol. The maximum atomic E-state index is 11.2. The second-order valence-corrected chi connectivity index (χ2v) is 7.38. The monoisotopic (exact) mass is 426 g/mol. The Balaban J connectivity index is 1.67. The van der Waals surface area contributed by atoms with Crippen molar-refractivity contribution in [2.45, 2.75) is 0 Å². The van der Waals surface area contributed by atoms with Crippen molar-refractivity contribution in [1.29, 1.82) is 0 Å². The Kier molecular flexibility index (Phi) is 4.69. The minimum Gasteiger partial charge on any atom is -0.478 e. The smallest absolute Gasteiger partial charge is 0.335 e. The molecule has 7 heteroatoms. The van der Waals surface area contributed by atoms with Gasteiger partial charge in [0.15, 0.2) is 0 Å². The lowest BCUT2D eigenvalue weighted by molar-refractivity contribution is 0.0697. The predicted octanol–water partition coefficient (Wildman–Crippen LogP) is 5.50. The molecule has 1 N–H and O–H groups in total. The first-order valence-electron chi connectivity index (χ1n) is 9.49. The molecule has 31 heavy (non-hydrogen) atoms. The normalized spacial score (nSPS) is 11.0. The van der Waals surface area contributed by atoms with Gasteiger partial charge < -0.3 is 5.11 Å². The summed E-state index contributed by atoms with van der Waals surface area (Å²) in [6.07, 6.45) is 3.32. The van der Waals surface area contributed by atoms with Gasteiger partial charge in [-0.1, -0.05) is 29.8 Å². The quantitative estimate of drug-likeness (QED) is 0.410. The summed E-state index contributed by atoms with van der Waals surface area (Å²) in [4.78, 5) is 19.9. The molecule has 0 radical (unpaired) electrons. The van der Waals surface area contributed by atoms with E-state index in [9.17, 15) is 9.90 Å². The lowest BCUT2D eigenvalue weighted by Crippen LogP contribution is -2.01. The minimum atomic E-state index is -0.970. The van der Waals surface area contributed by atoms with Gasteiger partial charge in [0.1, 0.15) is 0 Å². The van der Waals surface area contributed by atoms with E-state index in [1.54, 1.807) is 41.3 Å². The Morgan fingerprint density at radius 1 is 0.806 bits per heavy atom. The van der Waals surface area contributed by atoms with Gasteiger partial charge in [0.25, 0.3) is 0 Å². The Labute approximate surface area is 182 Å². The van der Waals surface area contributed by atoms with Crippen LogP contribution in [0.2, 0.25) is 5.02 Å². The molecular weight excluding hydrogens is 412 g/mol. The minimum absolute atomic E-state index is 0.220. The first-order valence-corrected chi connectivity index (χ1v) is 9.87. The van der Waals surface area contributed by atoms with Crippen LogP contribution in [0.25, 0.3) is 39.2 Å². The van der Waals surface area contributed by atoms with Gasteiger partial charge in [-0.25, -0.2) is 9.48 Å². The molecule has 0 amide bonds. The van der Waals surface area contributed by atoms with Crippen LogP contribution in [0.3, 0.4) is 0 Å². The van der Waals surface area contributed by atoms with Crippen LogP contribution in [0.1, 0.15) is 10.4 Å². The Hall–Kier alpha value is -4.03. The number of fused-ring (bicyclic) bond motifs is 1. The van der Waals surface area contributed by atoms with Crippen molar-refractivity contribution in [2.75, 3.05) is 0 Å². The topological polar surface area (TPSA) is 80.9 Å². The maximum Gasteiger partial charge on any atom is 0.335 e. The van der Waals surface area contributed by atoms with Gasteiger partial charge in [0, 0.05) is 28.5 Å².